The van der Waals surface area contributed by atoms with Crippen molar-refractivity contribution in [1.82, 2.24) is 25.3 Å². The number of ether oxygens (including phenoxy) is 1. The molecular weight excluding hydrogens is 318 g/mol. The van der Waals surface area contributed by atoms with Crippen LogP contribution in [0, 0.1) is 0 Å². The topological polar surface area (TPSA) is 84.8 Å². The molecule has 0 saturated heterocycles. The number of hydrogen-bond acceptors (Lipinski definition) is 4. The zero-order valence-electron chi connectivity index (χ0n) is 14.5. The zero-order valence-corrected chi connectivity index (χ0v) is 14.5. The summed E-state index contributed by atoms with van der Waals surface area (Å²) in [6.07, 6.45) is 1.73. The Hall–Kier alpha value is -3.09. The second-order valence-electron chi connectivity index (χ2n) is 5.67. The molecule has 0 fully saturated rings. The minimum Gasteiger partial charge on any atom is -0.497 e. The molecule has 3 rings (SSSR count). The fourth-order valence-corrected chi connectivity index (χ4v) is 2.69. The molecule has 0 radical (unpaired) electrons. The van der Waals surface area contributed by atoms with Crippen LogP contribution in [0.5, 0.6) is 5.75 Å². The van der Waals surface area contributed by atoms with Gasteiger partial charge in [-0.2, -0.15) is 10.2 Å². The maximum absolute atomic E-state index is 12.5. The first kappa shape index (κ1) is 16.8. The van der Waals surface area contributed by atoms with E-state index in [2.05, 4.69) is 20.6 Å². The monoisotopic (exact) mass is 339 g/mol. The average molecular weight is 339 g/mol. The van der Waals surface area contributed by atoms with Crippen molar-refractivity contribution in [2.45, 2.75) is 26.4 Å². The van der Waals surface area contributed by atoms with Crippen molar-refractivity contribution < 1.29 is 9.53 Å². The number of nitrogens with one attached hydrogen (secondary N) is 2. The van der Waals surface area contributed by atoms with Gasteiger partial charge in [0.25, 0.3) is 5.91 Å². The summed E-state index contributed by atoms with van der Waals surface area (Å²) in [5.41, 5.74) is 2.94. The summed E-state index contributed by atoms with van der Waals surface area (Å²) in [5.74, 6) is 0.533. The summed E-state index contributed by atoms with van der Waals surface area (Å²) in [5, 5.41) is 14.2. The Bertz CT molecular complexity index is 868. The molecule has 0 spiro atoms. The molecule has 1 unspecified atom stereocenters. The van der Waals surface area contributed by atoms with E-state index in [4.69, 9.17) is 4.74 Å². The number of aromatic nitrogens is 4. The van der Waals surface area contributed by atoms with Crippen LogP contribution in [0.25, 0.3) is 11.3 Å². The molecule has 2 heterocycles. The van der Waals surface area contributed by atoms with Crippen LogP contribution >= 0.6 is 0 Å². The number of carbonyl (C=O) groups is 1. The number of methoxy groups -OCH3 is 1. The maximum atomic E-state index is 12.5. The Morgan fingerprint density at radius 1 is 1.36 bits per heavy atom. The first-order valence-electron chi connectivity index (χ1n) is 8.14. The van der Waals surface area contributed by atoms with Crippen LogP contribution in [0.3, 0.4) is 0 Å². The third-order valence-corrected chi connectivity index (χ3v) is 4.03. The summed E-state index contributed by atoms with van der Waals surface area (Å²) >= 11 is 0. The molecule has 0 saturated carbocycles. The van der Waals surface area contributed by atoms with Gasteiger partial charge in [0.2, 0.25) is 0 Å². The van der Waals surface area contributed by atoms with E-state index >= 15 is 0 Å². The highest BCUT2D eigenvalue weighted by Gasteiger charge is 2.17. The molecule has 0 aliphatic heterocycles. The van der Waals surface area contributed by atoms with Gasteiger partial charge in [-0.3, -0.25) is 14.6 Å². The molecule has 7 nitrogen and oxygen atoms in total. The summed E-state index contributed by atoms with van der Waals surface area (Å²) in [7, 11) is 1.62. The normalized spacial score (nSPS) is 12.0. The lowest BCUT2D eigenvalue weighted by molar-refractivity contribution is 0.0933. The number of aromatic amines is 1. The van der Waals surface area contributed by atoms with Crippen LogP contribution in [0.15, 0.2) is 42.6 Å². The fourth-order valence-electron chi connectivity index (χ4n) is 2.69. The van der Waals surface area contributed by atoms with Crippen molar-refractivity contribution >= 4 is 5.91 Å². The van der Waals surface area contributed by atoms with Gasteiger partial charge >= 0.3 is 0 Å². The van der Waals surface area contributed by atoms with E-state index in [1.807, 2.05) is 48.9 Å². The van der Waals surface area contributed by atoms with E-state index in [1.165, 1.54) is 0 Å². The van der Waals surface area contributed by atoms with Crippen LogP contribution in [-0.2, 0) is 6.54 Å². The number of carbonyl (C=O) groups excluding carboxylic acids is 1. The highest BCUT2D eigenvalue weighted by molar-refractivity contribution is 5.93. The Kier molecular flexibility index (Phi) is 4.83. The molecule has 2 aromatic heterocycles. The van der Waals surface area contributed by atoms with Crippen molar-refractivity contribution in [3.8, 4) is 17.0 Å². The van der Waals surface area contributed by atoms with Gasteiger partial charge in [0.1, 0.15) is 11.4 Å². The second kappa shape index (κ2) is 7.21. The highest BCUT2D eigenvalue weighted by atomic mass is 16.5. The molecule has 130 valence electrons. The van der Waals surface area contributed by atoms with E-state index in [1.54, 1.807) is 19.4 Å². The van der Waals surface area contributed by atoms with Crippen LogP contribution in [0.1, 0.15) is 36.1 Å². The zero-order chi connectivity index (χ0) is 17.8. The molecule has 0 bridgehead atoms. The summed E-state index contributed by atoms with van der Waals surface area (Å²) in [6, 6.07) is 11.0. The summed E-state index contributed by atoms with van der Waals surface area (Å²) < 4.78 is 7.08. The number of H-pyrrole nitrogens is 1. The van der Waals surface area contributed by atoms with E-state index in [0.717, 1.165) is 23.6 Å². The van der Waals surface area contributed by atoms with E-state index in [9.17, 15) is 4.79 Å². The minimum atomic E-state index is -0.210. The van der Waals surface area contributed by atoms with E-state index < -0.39 is 0 Å². The first-order chi connectivity index (χ1) is 12.1. The molecule has 1 amide bonds. The second-order valence-corrected chi connectivity index (χ2v) is 5.67. The van der Waals surface area contributed by atoms with Crippen molar-refractivity contribution in [1.29, 1.82) is 0 Å². The molecule has 25 heavy (non-hydrogen) atoms. The molecule has 3 aromatic rings. The van der Waals surface area contributed by atoms with Gasteiger partial charge < -0.3 is 10.1 Å². The van der Waals surface area contributed by atoms with Crippen LogP contribution < -0.4 is 10.1 Å². The van der Waals surface area contributed by atoms with Crippen molar-refractivity contribution in [2.75, 3.05) is 7.11 Å². The molecule has 1 aromatic carbocycles. The van der Waals surface area contributed by atoms with Gasteiger partial charge in [0, 0.05) is 18.3 Å². The number of aryl methyl sites for hydroxylation is 1. The molecule has 7 heteroatoms. The number of benzene rings is 1. The molecule has 2 N–H and O–H groups in total. The van der Waals surface area contributed by atoms with Gasteiger partial charge in [0.15, 0.2) is 0 Å². The third-order valence-electron chi connectivity index (χ3n) is 4.03. The van der Waals surface area contributed by atoms with Crippen LogP contribution in [-0.4, -0.2) is 33.0 Å². The number of nitrogens with zero attached hydrogens (tertiary/aromatic N) is 3. The SMILES string of the molecule is CCn1nccc1C(C)NC(=O)c1cc(-c2cccc(OC)c2)n[nH]1. The van der Waals surface area contributed by atoms with Gasteiger partial charge in [-0.15, -0.1) is 0 Å². The molecular formula is C18H21N5O2. The van der Waals surface area contributed by atoms with E-state index in [0.29, 0.717) is 11.4 Å². The largest absolute Gasteiger partial charge is 0.497 e. The quantitative estimate of drug-likeness (QED) is 0.723. The lowest BCUT2D eigenvalue weighted by Gasteiger charge is -2.14. The van der Waals surface area contributed by atoms with Crippen LogP contribution in [0.2, 0.25) is 0 Å². The fraction of sp³-hybridized carbons (Fsp3) is 0.278. The Morgan fingerprint density at radius 3 is 2.96 bits per heavy atom. The van der Waals surface area contributed by atoms with Gasteiger partial charge in [-0.1, -0.05) is 12.1 Å². The van der Waals surface area contributed by atoms with Crippen molar-refractivity contribution in [3.05, 3.63) is 54.0 Å². The van der Waals surface area contributed by atoms with Crippen molar-refractivity contribution in [2.24, 2.45) is 0 Å². The predicted molar refractivity (Wildman–Crippen MR) is 94.4 cm³/mol. The Morgan fingerprint density at radius 2 is 2.20 bits per heavy atom. The number of rotatable bonds is 6. The first-order valence-corrected chi connectivity index (χ1v) is 8.14. The van der Waals surface area contributed by atoms with Gasteiger partial charge in [-0.05, 0) is 38.1 Å². The van der Waals surface area contributed by atoms with Gasteiger partial charge in [0.05, 0.1) is 24.5 Å². The van der Waals surface area contributed by atoms with Gasteiger partial charge in [-0.25, -0.2) is 0 Å². The lowest BCUT2D eigenvalue weighted by atomic mass is 10.1. The predicted octanol–water partition coefficient (Wildman–Crippen LogP) is 2.79. The van der Waals surface area contributed by atoms with Crippen LogP contribution in [0.4, 0.5) is 0 Å². The Labute approximate surface area is 146 Å². The number of amides is 1. The summed E-state index contributed by atoms with van der Waals surface area (Å²) in [4.78, 5) is 12.5. The molecule has 0 aliphatic rings. The number of hydrogen-bond donors (Lipinski definition) is 2. The average Bonchev–Trinajstić information content (AvgIpc) is 3.30. The molecule has 0 aliphatic carbocycles. The molecule has 1 atom stereocenters. The third kappa shape index (κ3) is 3.55. The standard InChI is InChI=1S/C18H21N5O2/c1-4-23-17(8-9-19-23)12(2)20-18(24)16-11-15(21-22-16)13-6-5-7-14(10-13)25-3/h5-12H,4H2,1-3H3,(H,20,24)(H,21,22). The lowest BCUT2D eigenvalue weighted by Crippen LogP contribution is -2.28. The highest BCUT2D eigenvalue weighted by Crippen LogP contribution is 2.22. The Balaban J connectivity index is 1.74. The summed E-state index contributed by atoms with van der Waals surface area (Å²) in [6.45, 7) is 4.70. The maximum Gasteiger partial charge on any atom is 0.269 e. The smallest absolute Gasteiger partial charge is 0.269 e. The minimum absolute atomic E-state index is 0.154. The van der Waals surface area contributed by atoms with E-state index in [-0.39, 0.29) is 11.9 Å². The van der Waals surface area contributed by atoms with Crippen molar-refractivity contribution in [3.63, 3.8) is 0 Å².